The molecule has 2 fully saturated rings. The number of piperidine rings is 1. The van der Waals surface area contributed by atoms with Crippen molar-refractivity contribution in [3.05, 3.63) is 11.7 Å². The summed E-state index contributed by atoms with van der Waals surface area (Å²) in [6.45, 7) is 3.37. The van der Waals surface area contributed by atoms with Gasteiger partial charge in [0.1, 0.15) is 5.60 Å². The normalized spacial score (nSPS) is 27.3. The highest BCUT2D eigenvalue weighted by Gasteiger charge is 2.39. The molecule has 3 rings (SSSR count). The molecule has 0 bridgehead atoms. The van der Waals surface area contributed by atoms with E-state index in [0.29, 0.717) is 25.0 Å². The van der Waals surface area contributed by atoms with E-state index < -0.39 is 5.60 Å². The Morgan fingerprint density at radius 1 is 1.37 bits per heavy atom. The number of nitrogens with one attached hydrogen (secondary N) is 1. The first-order valence-corrected chi connectivity index (χ1v) is 7.02. The maximum absolute atomic E-state index is 5.68. The molecule has 6 heteroatoms. The van der Waals surface area contributed by atoms with Gasteiger partial charge >= 0.3 is 0 Å². The van der Waals surface area contributed by atoms with Crippen LogP contribution in [0.1, 0.15) is 43.3 Å². The first kappa shape index (κ1) is 13.0. The maximum Gasteiger partial charge on any atom is 0.231 e. The molecule has 106 valence electrons. The molecule has 1 N–H and O–H groups in total. The van der Waals surface area contributed by atoms with Crippen molar-refractivity contribution in [2.24, 2.45) is 0 Å². The molecule has 0 aliphatic carbocycles. The summed E-state index contributed by atoms with van der Waals surface area (Å²) in [6.07, 6.45) is 3.83. The highest BCUT2D eigenvalue weighted by molar-refractivity contribution is 5.05. The molecule has 0 amide bonds. The van der Waals surface area contributed by atoms with E-state index in [9.17, 15) is 0 Å². The van der Waals surface area contributed by atoms with Crippen LogP contribution in [-0.2, 0) is 15.1 Å². The fraction of sp³-hybridized carbons (Fsp3) is 0.846. The van der Waals surface area contributed by atoms with Crippen LogP contribution in [0.2, 0.25) is 0 Å². The molecule has 3 heterocycles. The minimum absolute atomic E-state index is 0.337. The van der Waals surface area contributed by atoms with Gasteiger partial charge in [0.25, 0.3) is 0 Å². The third-order valence-corrected chi connectivity index (χ3v) is 4.19. The van der Waals surface area contributed by atoms with E-state index in [0.717, 1.165) is 44.7 Å². The second-order valence-corrected chi connectivity index (χ2v) is 5.31. The molecule has 6 nitrogen and oxygen atoms in total. The largest absolute Gasteiger partial charge is 0.381 e. The van der Waals surface area contributed by atoms with Gasteiger partial charge in [-0.25, -0.2) is 0 Å². The van der Waals surface area contributed by atoms with Crippen LogP contribution >= 0.6 is 0 Å². The van der Waals surface area contributed by atoms with Gasteiger partial charge in [0, 0.05) is 39.7 Å². The highest BCUT2D eigenvalue weighted by Crippen LogP contribution is 2.34. The van der Waals surface area contributed by atoms with E-state index in [4.69, 9.17) is 14.0 Å². The number of rotatable bonds is 3. The van der Waals surface area contributed by atoms with Crippen molar-refractivity contribution in [2.75, 3.05) is 33.4 Å². The summed E-state index contributed by atoms with van der Waals surface area (Å²) in [5.74, 6) is 1.76. The van der Waals surface area contributed by atoms with Crippen molar-refractivity contribution in [3.8, 4) is 0 Å². The van der Waals surface area contributed by atoms with Gasteiger partial charge in [0.2, 0.25) is 11.7 Å². The molecule has 0 spiro atoms. The predicted molar refractivity (Wildman–Crippen MR) is 67.9 cm³/mol. The van der Waals surface area contributed by atoms with E-state index in [1.54, 1.807) is 7.11 Å². The van der Waals surface area contributed by atoms with Crippen molar-refractivity contribution in [1.82, 2.24) is 15.5 Å². The fourth-order valence-electron chi connectivity index (χ4n) is 2.87. The summed E-state index contributed by atoms with van der Waals surface area (Å²) in [5, 5.41) is 7.53. The Morgan fingerprint density at radius 3 is 2.89 bits per heavy atom. The molecule has 0 saturated carbocycles. The van der Waals surface area contributed by atoms with Crippen LogP contribution in [0.4, 0.5) is 0 Å². The van der Waals surface area contributed by atoms with Gasteiger partial charge in [-0.15, -0.1) is 0 Å². The zero-order valence-electron chi connectivity index (χ0n) is 11.4. The Bertz CT molecular complexity index is 409. The van der Waals surface area contributed by atoms with Crippen LogP contribution in [0.3, 0.4) is 0 Å². The van der Waals surface area contributed by atoms with Gasteiger partial charge in [0.15, 0.2) is 0 Å². The molecule has 2 saturated heterocycles. The molecular formula is C13H21N3O3. The summed E-state index contributed by atoms with van der Waals surface area (Å²) >= 11 is 0. The first-order valence-electron chi connectivity index (χ1n) is 7.02. The number of aromatic nitrogens is 2. The van der Waals surface area contributed by atoms with Crippen molar-refractivity contribution < 1.29 is 14.0 Å². The van der Waals surface area contributed by atoms with Crippen molar-refractivity contribution in [1.29, 1.82) is 0 Å². The molecular weight excluding hydrogens is 246 g/mol. The Hall–Kier alpha value is -0.980. The van der Waals surface area contributed by atoms with Gasteiger partial charge < -0.3 is 19.3 Å². The lowest BCUT2D eigenvalue weighted by Gasteiger charge is -2.32. The maximum atomic E-state index is 5.68. The van der Waals surface area contributed by atoms with Gasteiger partial charge in [-0.1, -0.05) is 5.16 Å². The molecule has 1 aromatic heterocycles. The third kappa shape index (κ3) is 2.52. The quantitative estimate of drug-likeness (QED) is 0.887. The molecule has 0 radical (unpaired) electrons. The summed E-state index contributed by atoms with van der Waals surface area (Å²) in [7, 11) is 1.71. The van der Waals surface area contributed by atoms with Crippen molar-refractivity contribution in [3.63, 3.8) is 0 Å². The lowest BCUT2D eigenvalue weighted by atomic mass is 9.93. The topological polar surface area (TPSA) is 69.4 Å². The highest BCUT2D eigenvalue weighted by atomic mass is 16.5. The molecule has 0 unspecified atom stereocenters. The summed E-state index contributed by atoms with van der Waals surface area (Å²) in [5.41, 5.74) is -0.428. The summed E-state index contributed by atoms with van der Waals surface area (Å²) in [6, 6.07) is 0. The Morgan fingerprint density at radius 2 is 2.21 bits per heavy atom. The first-order chi connectivity index (χ1) is 9.34. The van der Waals surface area contributed by atoms with Crippen LogP contribution in [0.25, 0.3) is 0 Å². The molecule has 2 aliphatic rings. The van der Waals surface area contributed by atoms with E-state index in [-0.39, 0.29) is 0 Å². The van der Waals surface area contributed by atoms with Crippen LogP contribution in [0, 0.1) is 0 Å². The second kappa shape index (κ2) is 5.56. The zero-order valence-corrected chi connectivity index (χ0v) is 11.4. The zero-order chi connectivity index (χ0) is 13.1. The van der Waals surface area contributed by atoms with Crippen LogP contribution in [-0.4, -0.2) is 43.6 Å². The third-order valence-electron chi connectivity index (χ3n) is 4.19. The van der Waals surface area contributed by atoms with Gasteiger partial charge in [-0.2, -0.15) is 4.98 Å². The predicted octanol–water partition coefficient (Wildman–Crippen LogP) is 1.19. The number of hydrogen-bond donors (Lipinski definition) is 1. The minimum atomic E-state index is -0.428. The van der Waals surface area contributed by atoms with Crippen molar-refractivity contribution >= 4 is 0 Å². The SMILES string of the molecule is COC1(c2noc([C@H]3CCCNC3)n2)CCOCC1. The smallest absolute Gasteiger partial charge is 0.231 e. The monoisotopic (exact) mass is 267 g/mol. The summed E-state index contributed by atoms with van der Waals surface area (Å²) < 4.78 is 16.5. The van der Waals surface area contributed by atoms with Gasteiger partial charge in [0.05, 0.1) is 5.92 Å². The van der Waals surface area contributed by atoms with E-state index in [1.165, 1.54) is 0 Å². The lowest BCUT2D eigenvalue weighted by Crippen LogP contribution is -2.36. The Kier molecular flexibility index (Phi) is 3.81. The van der Waals surface area contributed by atoms with Crippen LogP contribution in [0.5, 0.6) is 0 Å². The van der Waals surface area contributed by atoms with E-state index >= 15 is 0 Å². The van der Waals surface area contributed by atoms with Crippen LogP contribution < -0.4 is 5.32 Å². The second-order valence-electron chi connectivity index (χ2n) is 5.31. The number of methoxy groups -OCH3 is 1. The number of hydrogen-bond acceptors (Lipinski definition) is 6. The van der Waals surface area contributed by atoms with E-state index in [1.807, 2.05) is 0 Å². The summed E-state index contributed by atoms with van der Waals surface area (Å²) in [4.78, 5) is 4.60. The minimum Gasteiger partial charge on any atom is -0.381 e. The Labute approximate surface area is 112 Å². The lowest BCUT2D eigenvalue weighted by molar-refractivity contribution is -0.101. The molecule has 2 aliphatic heterocycles. The van der Waals surface area contributed by atoms with E-state index in [2.05, 4.69) is 15.5 Å². The number of nitrogens with zero attached hydrogens (tertiary/aromatic N) is 2. The molecule has 1 aromatic rings. The average Bonchev–Trinajstić information content (AvgIpc) is 2.99. The number of ether oxygens (including phenoxy) is 2. The van der Waals surface area contributed by atoms with Crippen LogP contribution in [0.15, 0.2) is 4.52 Å². The molecule has 19 heavy (non-hydrogen) atoms. The average molecular weight is 267 g/mol. The van der Waals surface area contributed by atoms with Gasteiger partial charge in [-0.05, 0) is 19.4 Å². The Balaban J connectivity index is 1.79. The van der Waals surface area contributed by atoms with Crippen molar-refractivity contribution in [2.45, 2.75) is 37.2 Å². The fourth-order valence-corrected chi connectivity index (χ4v) is 2.87. The van der Waals surface area contributed by atoms with Gasteiger partial charge in [-0.3, -0.25) is 0 Å². The molecule has 0 aromatic carbocycles. The molecule has 1 atom stereocenters. The standard InChI is InChI=1S/C13H21N3O3/c1-17-13(4-7-18-8-5-13)12-15-11(19-16-12)10-3-2-6-14-9-10/h10,14H,2-9H2,1H3/t10-/m0/s1.